The molecule has 1 unspecified atom stereocenters. The summed E-state index contributed by atoms with van der Waals surface area (Å²) in [4.78, 5) is 26.2. The highest BCUT2D eigenvalue weighted by atomic mass is 16.5. The van der Waals surface area contributed by atoms with Crippen LogP contribution in [0.15, 0.2) is 0 Å². The number of nitrogens with one attached hydrogen (secondary N) is 1. The largest absolute Gasteiger partial charge is 0.391 e. The molecule has 1 rings (SSSR count). The first-order valence-corrected chi connectivity index (χ1v) is 7.95. The van der Waals surface area contributed by atoms with Gasteiger partial charge >= 0.3 is 0 Å². The lowest BCUT2D eigenvalue weighted by molar-refractivity contribution is -0.140. The van der Waals surface area contributed by atoms with E-state index in [0.717, 1.165) is 0 Å². The minimum atomic E-state index is -0.618. The molecule has 22 heavy (non-hydrogen) atoms. The van der Waals surface area contributed by atoms with Gasteiger partial charge in [0.25, 0.3) is 0 Å². The number of hydrogen-bond acceptors (Lipinski definition) is 4. The standard InChI is InChI=1S/C16H30N2O4/c1-11(2)9-22-10-13(20)17-14(16(3,4)5)15(21)18-7-6-12(19)8-18/h11-12,14,19H,6-10H2,1-5H3,(H,17,20)/t12-,14?/m1/s1. The maximum absolute atomic E-state index is 12.6. The fraction of sp³-hybridized carbons (Fsp3) is 0.875. The maximum atomic E-state index is 12.6. The van der Waals surface area contributed by atoms with E-state index in [9.17, 15) is 14.7 Å². The fourth-order valence-electron chi connectivity index (χ4n) is 2.36. The van der Waals surface area contributed by atoms with Gasteiger partial charge in [0.05, 0.1) is 6.10 Å². The molecule has 0 spiro atoms. The Kier molecular flexibility index (Phi) is 6.81. The molecule has 0 aliphatic carbocycles. The van der Waals surface area contributed by atoms with Crippen molar-refractivity contribution in [1.29, 1.82) is 0 Å². The number of likely N-dealkylation sites (tertiary alicyclic amines) is 1. The van der Waals surface area contributed by atoms with Crippen molar-refractivity contribution in [1.82, 2.24) is 10.2 Å². The van der Waals surface area contributed by atoms with Crippen LogP contribution in [0.5, 0.6) is 0 Å². The third-order valence-corrected chi connectivity index (χ3v) is 3.58. The molecule has 1 aliphatic rings. The molecule has 0 bridgehead atoms. The van der Waals surface area contributed by atoms with Crippen molar-refractivity contribution in [2.75, 3.05) is 26.3 Å². The Balaban J connectivity index is 2.61. The van der Waals surface area contributed by atoms with Crippen LogP contribution >= 0.6 is 0 Å². The number of nitrogens with zero attached hydrogens (tertiary/aromatic N) is 1. The smallest absolute Gasteiger partial charge is 0.246 e. The van der Waals surface area contributed by atoms with Crippen molar-refractivity contribution in [3.63, 3.8) is 0 Å². The Bertz CT molecular complexity index is 390. The van der Waals surface area contributed by atoms with Crippen LogP contribution in [0.25, 0.3) is 0 Å². The van der Waals surface area contributed by atoms with E-state index in [1.165, 1.54) is 0 Å². The van der Waals surface area contributed by atoms with Crippen molar-refractivity contribution < 1.29 is 19.4 Å². The Morgan fingerprint density at radius 2 is 2.00 bits per heavy atom. The number of aliphatic hydroxyl groups excluding tert-OH is 1. The van der Waals surface area contributed by atoms with Crippen LogP contribution in [-0.4, -0.2) is 60.3 Å². The van der Waals surface area contributed by atoms with Gasteiger partial charge in [-0.1, -0.05) is 34.6 Å². The van der Waals surface area contributed by atoms with Gasteiger partial charge in [-0.25, -0.2) is 0 Å². The highest BCUT2D eigenvalue weighted by molar-refractivity contribution is 5.88. The summed E-state index contributed by atoms with van der Waals surface area (Å²) < 4.78 is 5.32. The van der Waals surface area contributed by atoms with E-state index in [0.29, 0.717) is 32.0 Å². The molecule has 2 N–H and O–H groups in total. The van der Waals surface area contributed by atoms with Crippen LogP contribution < -0.4 is 5.32 Å². The second kappa shape index (κ2) is 7.92. The highest BCUT2D eigenvalue weighted by Crippen LogP contribution is 2.23. The second-order valence-electron chi connectivity index (χ2n) is 7.50. The maximum Gasteiger partial charge on any atom is 0.246 e. The summed E-state index contributed by atoms with van der Waals surface area (Å²) in [5.41, 5.74) is -0.404. The zero-order chi connectivity index (χ0) is 16.9. The van der Waals surface area contributed by atoms with Crippen LogP contribution in [0.2, 0.25) is 0 Å². The molecule has 0 radical (unpaired) electrons. The monoisotopic (exact) mass is 314 g/mol. The molecule has 2 atom stereocenters. The number of rotatable bonds is 6. The van der Waals surface area contributed by atoms with Crippen LogP contribution in [-0.2, 0) is 14.3 Å². The SMILES string of the molecule is CC(C)COCC(=O)NC(C(=O)N1CC[C@@H](O)C1)C(C)(C)C. The molecule has 2 amide bonds. The number of hydrogen-bond donors (Lipinski definition) is 2. The normalized spacial score (nSPS) is 20.3. The van der Waals surface area contributed by atoms with Crippen LogP contribution in [0, 0.1) is 11.3 Å². The van der Waals surface area contributed by atoms with Crippen LogP contribution in [0.3, 0.4) is 0 Å². The number of ether oxygens (including phenoxy) is 1. The number of β-amino-alcohol motifs (C(OH)–C–C–N with tert-alkyl or cyclic N) is 1. The van der Waals surface area contributed by atoms with Crippen molar-refractivity contribution in [2.24, 2.45) is 11.3 Å². The van der Waals surface area contributed by atoms with Gasteiger partial charge in [0.15, 0.2) is 0 Å². The Morgan fingerprint density at radius 3 is 2.45 bits per heavy atom. The van der Waals surface area contributed by atoms with Gasteiger partial charge in [-0.3, -0.25) is 9.59 Å². The molecule has 0 aromatic heterocycles. The summed E-state index contributed by atoms with van der Waals surface area (Å²) in [5.74, 6) is -0.0612. The Morgan fingerprint density at radius 1 is 1.36 bits per heavy atom. The van der Waals surface area contributed by atoms with Crippen LogP contribution in [0.1, 0.15) is 41.0 Å². The lowest BCUT2D eigenvalue weighted by atomic mass is 9.85. The Hall–Kier alpha value is -1.14. The topological polar surface area (TPSA) is 78.9 Å². The number of aliphatic hydroxyl groups is 1. The first-order chi connectivity index (χ1) is 10.1. The zero-order valence-electron chi connectivity index (χ0n) is 14.4. The summed E-state index contributed by atoms with van der Waals surface area (Å²) >= 11 is 0. The minimum absolute atomic E-state index is 0.0410. The molecule has 1 heterocycles. The van der Waals surface area contributed by atoms with E-state index in [2.05, 4.69) is 5.32 Å². The van der Waals surface area contributed by atoms with Gasteiger partial charge in [0.1, 0.15) is 12.6 Å². The minimum Gasteiger partial charge on any atom is -0.391 e. The molecule has 0 aromatic rings. The third-order valence-electron chi connectivity index (χ3n) is 3.58. The lowest BCUT2D eigenvalue weighted by Gasteiger charge is -2.33. The molecular weight excluding hydrogens is 284 g/mol. The number of carbonyl (C=O) groups is 2. The van der Waals surface area contributed by atoms with Crippen molar-refractivity contribution >= 4 is 11.8 Å². The summed E-state index contributed by atoms with van der Waals surface area (Å²) in [5, 5.41) is 12.4. The van der Waals surface area contributed by atoms with E-state index in [1.807, 2.05) is 34.6 Å². The lowest BCUT2D eigenvalue weighted by Crippen LogP contribution is -2.55. The van der Waals surface area contributed by atoms with Crippen molar-refractivity contribution in [3.8, 4) is 0 Å². The predicted octanol–water partition coefficient (Wildman–Crippen LogP) is 0.783. The average molecular weight is 314 g/mol. The van der Waals surface area contributed by atoms with E-state index < -0.39 is 17.6 Å². The average Bonchev–Trinajstić information content (AvgIpc) is 2.80. The molecule has 1 fully saturated rings. The van der Waals surface area contributed by atoms with Gasteiger partial charge in [0.2, 0.25) is 11.8 Å². The van der Waals surface area contributed by atoms with E-state index in [4.69, 9.17) is 4.74 Å². The van der Waals surface area contributed by atoms with Gasteiger partial charge in [0, 0.05) is 19.7 Å². The summed E-state index contributed by atoms with van der Waals surface area (Å²) in [7, 11) is 0. The molecule has 1 saturated heterocycles. The molecule has 1 aliphatic heterocycles. The summed E-state index contributed by atoms with van der Waals surface area (Å²) in [6.07, 6.45) is 0.128. The van der Waals surface area contributed by atoms with Crippen LogP contribution in [0.4, 0.5) is 0 Å². The summed E-state index contributed by atoms with van der Waals surface area (Å²) in [6, 6.07) is -0.618. The van der Waals surface area contributed by atoms with Gasteiger partial charge in [-0.2, -0.15) is 0 Å². The third kappa shape index (κ3) is 5.93. The van der Waals surface area contributed by atoms with E-state index in [-0.39, 0.29) is 18.4 Å². The zero-order valence-corrected chi connectivity index (χ0v) is 14.4. The van der Waals surface area contributed by atoms with E-state index >= 15 is 0 Å². The quantitative estimate of drug-likeness (QED) is 0.759. The van der Waals surface area contributed by atoms with Crippen molar-refractivity contribution in [2.45, 2.75) is 53.2 Å². The van der Waals surface area contributed by atoms with E-state index in [1.54, 1.807) is 4.90 Å². The fourth-order valence-corrected chi connectivity index (χ4v) is 2.36. The molecular formula is C16H30N2O4. The van der Waals surface area contributed by atoms with Gasteiger partial charge in [-0.15, -0.1) is 0 Å². The predicted molar refractivity (Wildman–Crippen MR) is 84.2 cm³/mol. The summed E-state index contributed by atoms with van der Waals surface area (Å²) in [6.45, 7) is 11.1. The highest BCUT2D eigenvalue weighted by Gasteiger charge is 2.37. The molecule has 6 heteroatoms. The van der Waals surface area contributed by atoms with Crippen molar-refractivity contribution in [3.05, 3.63) is 0 Å². The molecule has 0 aromatic carbocycles. The number of amides is 2. The molecule has 128 valence electrons. The first kappa shape index (κ1) is 18.9. The number of carbonyl (C=O) groups excluding carboxylic acids is 2. The molecule has 6 nitrogen and oxygen atoms in total. The van der Waals surface area contributed by atoms with Gasteiger partial charge < -0.3 is 20.1 Å². The second-order valence-corrected chi connectivity index (χ2v) is 7.50. The Labute approximate surface area is 133 Å². The molecule has 0 saturated carbocycles. The van der Waals surface area contributed by atoms with Gasteiger partial charge in [-0.05, 0) is 17.8 Å². The first-order valence-electron chi connectivity index (χ1n) is 7.95.